The van der Waals surface area contributed by atoms with Gasteiger partial charge in [-0.05, 0) is 43.4 Å². The number of halogens is 1. The van der Waals surface area contributed by atoms with Crippen molar-refractivity contribution in [1.29, 1.82) is 0 Å². The van der Waals surface area contributed by atoms with Gasteiger partial charge in [0.15, 0.2) is 0 Å². The first-order valence-electron chi connectivity index (χ1n) is 4.95. The van der Waals surface area contributed by atoms with Crippen LogP contribution in [0.3, 0.4) is 0 Å². The van der Waals surface area contributed by atoms with Gasteiger partial charge in [-0.15, -0.1) is 0 Å². The Morgan fingerprint density at radius 3 is 3.14 bits per heavy atom. The molecular formula is C11H14FNO. The number of pyridine rings is 1. The van der Waals surface area contributed by atoms with Crippen molar-refractivity contribution in [3.8, 4) is 0 Å². The summed E-state index contributed by atoms with van der Waals surface area (Å²) in [6.45, 7) is 1.37. The molecule has 76 valence electrons. The van der Waals surface area contributed by atoms with Gasteiger partial charge in [0.1, 0.15) is 6.67 Å². The first-order chi connectivity index (χ1) is 6.72. The van der Waals surface area contributed by atoms with Crippen molar-refractivity contribution in [2.45, 2.75) is 39.0 Å². The molecule has 1 unspecified atom stereocenters. The predicted molar refractivity (Wildman–Crippen MR) is 51.7 cm³/mol. The summed E-state index contributed by atoms with van der Waals surface area (Å²) in [6, 6.07) is 1.77. The van der Waals surface area contributed by atoms with Gasteiger partial charge >= 0.3 is 0 Å². The van der Waals surface area contributed by atoms with Gasteiger partial charge in [-0.2, -0.15) is 0 Å². The van der Waals surface area contributed by atoms with Crippen molar-refractivity contribution in [2.24, 2.45) is 0 Å². The fourth-order valence-electron chi connectivity index (χ4n) is 2.09. The molecule has 14 heavy (non-hydrogen) atoms. The van der Waals surface area contributed by atoms with Crippen LogP contribution in [-0.4, -0.2) is 10.1 Å². The van der Waals surface area contributed by atoms with Crippen LogP contribution in [0.4, 0.5) is 4.39 Å². The Morgan fingerprint density at radius 1 is 1.64 bits per heavy atom. The number of alkyl halides is 1. The number of aliphatic hydroxyl groups excluding tert-OH is 1. The van der Waals surface area contributed by atoms with E-state index in [1.807, 2.05) is 6.92 Å². The van der Waals surface area contributed by atoms with Gasteiger partial charge in [-0.1, -0.05) is 0 Å². The van der Waals surface area contributed by atoms with Crippen molar-refractivity contribution >= 4 is 0 Å². The van der Waals surface area contributed by atoms with Crippen molar-refractivity contribution in [3.05, 3.63) is 28.6 Å². The summed E-state index contributed by atoms with van der Waals surface area (Å²) < 4.78 is 12.7. The van der Waals surface area contributed by atoms with E-state index in [2.05, 4.69) is 4.98 Å². The number of hydrogen-bond acceptors (Lipinski definition) is 2. The Bertz CT molecular complexity index is 351. The van der Waals surface area contributed by atoms with Crippen LogP contribution in [-0.2, 0) is 13.1 Å². The maximum Gasteiger partial charge on any atom is 0.115 e. The van der Waals surface area contributed by atoms with E-state index in [0.29, 0.717) is 11.3 Å². The van der Waals surface area contributed by atoms with E-state index < -0.39 is 12.8 Å². The smallest absolute Gasteiger partial charge is 0.115 e. The third kappa shape index (κ3) is 1.52. The number of nitrogens with zero attached hydrogens (tertiary/aromatic N) is 1. The summed E-state index contributed by atoms with van der Waals surface area (Å²) in [5, 5.41) is 9.72. The Hall–Kier alpha value is -0.960. The molecule has 0 spiro atoms. The summed E-state index contributed by atoms with van der Waals surface area (Å²) in [7, 11) is 0. The molecule has 1 aliphatic rings. The molecule has 0 radical (unpaired) electrons. The van der Waals surface area contributed by atoms with Crippen LogP contribution >= 0.6 is 0 Å². The lowest BCUT2D eigenvalue weighted by atomic mass is 9.90. The summed E-state index contributed by atoms with van der Waals surface area (Å²) in [5.41, 5.74) is 3.12. The third-order valence-corrected chi connectivity index (χ3v) is 2.74. The highest BCUT2D eigenvalue weighted by Gasteiger charge is 2.22. The van der Waals surface area contributed by atoms with E-state index in [-0.39, 0.29) is 0 Å². The van der Waals surface area contributed by atoms with Gasteiger partial charge in [-0.25, -0.2) is 4.39 Å². The Balaban J connectivity index is 2.54. The zero-order valence-electron chi connectivity index (χ0n) is 8.26. The number of aliphatic hydroxyl groups is 1. The minimum Gasteiger partial charge on any atom is -0.387 e. The van der Waals surface area contributed by atoms with Gasteiger partial charge in [0, 0.05) is 5.69 Å². The van der Waals surface area contributed by atoms with Crippen LogP contribution in [0.5, 0.6) is 0 Å². The normalized spacial score (nSPS) is 20.6. The zero-order chi connectivity index (χ0) is 10.1. The van der Waals surface area contributed by atoms with Crippen molar-refractivity contribution < 1.29 is 9.50 Å². The maximum atomic E-state index is 12.7. The molecule has 1 atom stereocenters. The molecule has 0 aromatic carbocycles. The molecule has 1 aromatic rings. The molecule has 1 heterocycles. The second-order valence-electron chi connectivity index (χ2n) is 3.83. The second-order valence-corrected chi connectivity index (χ2v) is 3.83. The zero-order valence-corrected chi connectivity index (χ0v) is 8.26. The summed E-state index contributed by atoms with van der Waals surface area (Å²) in [5.74, 6) is 0. The first kappa shape index (κ1) is 9.59. The van der Waals surface area contributed by atoms with Crippen LogP contribution in [0.25, 0.3) is 0 Å². The lowest BCUT2D eigenvalue weighted by molar-refractivity contribution is 0.151. The molecule has 3 heteroatoms. The van der Waals surface area contributed by atoms with Crippen LogP contribution in [0, 0.1) is 6.92 Å². The van der Waals surface area contributed by atoms with E-state index in [1.54, 1.807) is 6.07 Å². The van der Waals surface area contributed by atoms with Crippen LogP contribution in [0.2, 0.25) is 0 Å². The third-order valence-electron chi connectivity index (χ3n) is 2.74. The number of rotatable bonds is 1. The Kier molecular flexibility index (Phi) is 2.50. The molecular weight excluding hydrogens is 181 g/mol. The maximum absolute atomic E-state index is 12.7. The van der Waals surface area contributed by atoms with Gasteiger partial charge < -0.3 is 5.11 Å². The lowest BCUT2D eigenvalue weighted by Gasteiger charge is -2.22. The van der Waals surface area contributed by atoms with Gasteiger partial charge in [-0.3, -0.25) is 4.98 Å². The molecule has 2 rings (SSSR count). The fourth-order valence-corrected chi connectivity index (χ4v) is 2.09. The molecule has 1 aliphatic carbocycles. The molecule has 1 N–H and O–H groups in total. The quantitative estimate of drug-likeness (QED) is 0.745. The molecule has 0 fully saturated rings. The van der Waals surface area contributed by atoms with Crippen molar-refractivity contribution in [1.82, 2.24) is 4.98 Å². The number of hydrogen-bond donors (Lipinski definition) is 1. The predicted octanol–water partition coefficient (Wildman–Crippen LogP) is 2.23. The van der Waals surface area contributed by atoms with E-state index >= 15 is 0 Å². The van der Waals surface area contributed by atoms with E-state index in [9.17, 15) is 9.50 Å². The highest BCUT2D eigenvalue weighted by Crippen LogP contribution is 2.30. The molecule has 0 saturated carbocycles. The summed E-state index contributed by atoms with van der Waals surface area (Å²) in [4.78, 5) is 4.29. The van der Waals surface area contributed by atoms with E-state index in [4.69, 9.17) is 0 Å². The SMILES string of the molecule is Cc1cc(CF)c2c(n1)C(O)CCC2. The first-order valence-corrected chi connectivity index (χ1v) is 4.95. The minimum atomic E-state index is -0.496. The Morgan fingerprint density at radius 2 is 2.43 bits per heavy atom. The molecule has 0 saturated heterocycles. The standard InChI is InChI=1S/C11H14FNO/c1-7-5-8(6-12)9-3-2-4-10(14)11(9)13-7/h5,10,14H,2-4,6H2,1H3. The molecule has 0 amide bonds. The van der Waals surface area contributed by atoms with Crippen LogP contribution in [0.15, 0.2) is 6.07 Å². The average Bonchev–Trinajstić information content (AvgIpc) is 2.18. The molecule has 2 nitrogen and oxygen atoms in total. The topological polar surface area (TPSA) is 33.1 Å². The number of aryl methyl sites for hydroxylation is 1. The van der Waals surface area contributed by atoms with Crippen molar-refractivity contribution in [3.63, 3.8) is 0 Å². The summed E-state index contributed by atoms with van der Waals surface area (Å²) >= 11 is 0. The molecule has 0 bridgehead atoms. The minimum absolute atomic E-state index is 0.460. The highest BCUT2D eigenvalue weighted by molar-refractivity contribution is 5.35. The lowest BCUT2D eigenvalue weighted by Crippen LogP contribution is -2.14. The largest absolute Gasteiger partial charge is 0.387 e. The summed E-state index contributed by atoms with van der Waals surface area (Å²) in [6.07, 6.45) is 2.02. The van der Waals surface area contributed by atoms with Crippen LogP contribution in [0.1, 0.15) is 41.5 Å². The van der Waals surface area contributed by atoms with Gasteiger partial charge in [0.25, 0.3) is 0 Å². The second kappa shape index (κ2) is 3.65. The molecule has 0 aliphatic heterocycles. The van der Waals surface area contributed by atoms with Crippen LogP contribution < -0.4 is 0 Å². The van der Waals surface area contributed by atoms with E-state index in [0.717, 1.165) is 30.5 Å². The number of fused-ring (bicyclic) bond motifs is 1. The number of aromatic nitrogens is 1. The molecule has 1 aromatic heterocycles. The monoisotopic (exact) mass is 195 g/mol. The Labute approximate surface area is 82.8 Å². The fraction of sp³-hybridized carbons (Fsp3) is 0.545. The van der Waals surface area contributed by atoms with Crippen molar-refractivity contribution in [2.75, 3.05) is 0 Å². The van der Waals surface area contributed by atoms with E-state index in [1.165, 1.54) is 0 Å². The highest BCUT2D eigenvalue weighted by atomic mass is 19.1. The van der Waals surface area contributed by atoms with Gasteiger partial charge in [0.05, 0.1) is 11.8 Å². The van der Waals surface area contributed by atoms with Gasteiger partial charge in [0.2, 0.25) is 0 Å². The average molecular weight is 195 g/mol.